The molecule has 0 aromatic heterocycles. The highest BCUT2D eigenvalue weighted by molar-refractivity contribution is 5.92. The number of carboxylic acids is 1. The van der Waals surface area contributed by atoms with Gasteiger partial charge in [0.15, 0.2) is 0 Å². The third-order valence-corrected chi connectivity index (χ3v) is 2.68. The van der Waals surface area contributed by atoms with Gasteiger partial charge in [0.05, 0.1) is 5.69 Å². The fourth-order valence-electron chi connectivity index (χ4n) is 1.60. The molecule has 0 aliphatic rings. The lowest BCUT2D eigenvalue weighted by Crippen LogP contribution is -2.43. The Morgan fingerprint density at radius 3 is 2.50 bits per heavy atom. The van der Waals surface area contributed by atoms with E-state index < -0.39 is 29.7 Å². The van der Waals surface area contributed by atoms with Gasteiger partial charge in [-0.05, 0) is 25.0 Å². The number of carbonyl (C=O) groups is 2. The molecule has 0 saturated heterocycles. The Hall–Kier alpha value is -2.18. The summed E-state index contributed by atoms with van der Waals surface area (Å²) in [6.45, 7) is 3.16. The molecule has 0 radical (unpaired) electrons. The van der Waals surface area contributed by atoms with Gasteiger partial charge in [0.2, 0.25) is 0 Å². The molecular formula is C13H16F2N2O3. The van der Waals surface area contributed by atoms with Crippen LogP contribution in [0.1, 0.15) is 25.3 Å². The van der Waals surface area contributed by atoms with Crippen molar-refractivity contribution in [2.45, 2.75) is 32.7 Å². The summed E-state index contributed by atoms with van der Waals surface area (Å²) in [6, 6.07) is -0.169. The van der Waals surface area contributed by atoms with Crippen LogP contribution in [0.5, 0.6) is 0 Å². The number of hydrogen-bond donors (Lipinski definition) is 3. The number of amides is 2. The Morgan fingerprint density at radius 2 is 1.95 bits per heavy atom. The van der Waals surface area contributed by atoms with Crippen LogP contribution in [0.2, 0.25) is 0 Å². The number of aryl methyl sites for hydroxylation is 1. The van der Waals surface area contributed by atoms with E-state index in [1.165, 1.54) is 6.92 Å². The van der Waals surface area contributed by atoms with Crippen LogP contribution in [0.4, 0.5) is 19.3 Å². The molecule has 1 aromatic carbocycles. The number of halogens is 2. The molecule has 0 aliphatic heterocycles. The van der Waals surface area contributed by atoms with Crippen molar-refractivity contribution in [1.82, 2.24) is 5.32 Å². The van der Waals surface area contributed by atoms with Crippen LogP contribution < -0.4 is 10.6 Å². The van der Waals surface area contributed by atoms with E-state index in [1.807, 2.05) is 0 Å². The third kappa shape index (κ3) is 4.18. The largest absolute Gasteiger partial charge is 0.480 e. The molecule has 5 nitrogen and oxygen atoms in total. The molecule has 20 heavy (non-hydrogen) atoms. The van der Waals surface area contributed by atoms with Gasteiger partial charge >= 0.3 is 12.0 Å². The minimum absolute atomic E-state index is 0.114. The van der Waals surface area contributed by atoms with Gasteiger partial charge in [-0.15, -0.1) is 0 Å². The van der Waals surface area contributed by atoms with E-state index >= 15 is 0 Å². The number of urea groups is 1. The molecule has 0 fully saturated rings. The van der Waals surface area contributed by atoms with Crippen LogP contribution >= 0.6 is 0 Å². The SMILES string of the molecule is CCCC(NC(=O)Nc1cc(F)c(C)cc1F)C(=O)O. The summed E-state index contributed by atoms with van der Waals surface area (Å²) in [4.78, 5) is 22.4. The van der Waals surface area contributed by atoms with Crippen LogP contribution in [-0.4, -0.2) is 23.1 Å². The van der Waals surface area contributed by atoms with Gasteiger partial charge in [-0.2, -0.15) is 0 Å². The smallest absolute Gasteiger partial charge is 0.326 e. The molecule has 0 heterocycles. The van der Waals surface area contributed by atoms with Crippen molar-refractivity contribution in [3.05, 3.63) is 29.3 Å². The molecule has 3 N–H and O–H groups in total. The first kappa shape index (κ1) is 15.9. The molecule has 0 bridgehead atoms. The second-order valence-electron chi connectivity index (χ2n) is 4.36. The highest BCUT2D eigenvalue weighted by Crippen LogP contribution is 2.18. The van der Waals surface area contributed by atoms with Crippen molar-refractivity contribution in [1.29, 1.82) is 0 Å². The molecule has 1 rings (SSSR count). The van der Waals surface area contributed by atoms with Crippen LogP contribution in [0, 0.1) is 18.6 Å². The monoisotopic (exact) mass is 286 g/mol. The van der Waals surface area contributed by atoms with Crippen molar-refractivity contribution in [2.24, 2.45) is 0 Å². The lowest BCUT2D eigenvalue weighted by atomic mass is 10.2. The Bertz CT molecular complexity index is 521. The zero-order chi connectivity index (χ0) is 15.3. The zero-order valence-corrected chi connectivity index (χ0v) is 11.2. The minimum Gasteiger partial charge on any atom is -0.480 e. The van der Waals surface area contributed by atoms with Crippen LogP contribution in [0.25, 0.3) is 0 Å². The molecule has 0 saturated carbocycles. The Labute approximate surface area is 115 Å². The molecule has 1 atom stereocenters. The summed E-state index contributed by atoms with van der Waals surface area (Å²) >= 11 is 0. The van der Waals surface area contributed by atoms with E-state index in [4.69, 9.17) is 5.11 Å². The van der Waals surface area contributed by atoms with Gasteiger partial charge in [0.1, 0.15) is 17.7 Å². The molecule has 1 unspecified atom stereocenters. The number of carboxylic acid groups (broad SMARTS) is 1. The van der Waals surface area contributed by atoms with Crippen molar-refractivity contribution in [2.75, 3.05) is 5.32 Å². The van der Waals surface area contributed by atoms with Crippen LogP contribution in [-0.2, 0) is 4.79 Å². The standard InChI is InChI=1S/C13H16F2N2O3/c1-3-4-10(12(18)19)16-13(20)17-11-6-8(14)7(2)5-9(11)15/h5-6,10H,3-4H2,1-2H3,(H,18,19)(H2,16,17,20). The highest BCUT2D eigenvalue weighted by atomic mass is 19.1. The van der Waals surface area contributed by atoms with Crippen LogP contribution in [0.3, 0.4) is 0 Å². The van der Waals surface area contributed by atoms with E-state index in [0.29, 0.717) is 6.42 Å². The van der Waals surface area contributed by atoms with E-state index in [9.17, 15) is 18.4 Å². The molecule has 110 valence electrons. The van der Waals surface area contributed by atoms with Crippen molar-refractivity contribution >= 4 is 17.7 Å². The third-order valence-electron chi connectivity index (χ3n) is 2.68. The Balaban J connectivity index is 2.75. The van der Waals surface area contributed by atoms with Crippen molar-refractivity contribution in [3.8, 4) is 0 Å². The summed E-state index contributed by atoms with van der Waals surface area (Å²) in [7, 11) is 0. The average molecular weight is 286 g/mol. The first-order chi connectivity index (χ1) is 9.35. The molecule has 1 aromatic rings. The summed E-state index contributed by atoms with van der Waals surface area (Å²) in [5, 5.41) is 13.2. The van der Waals surface area contributed by atoms with Gasteiger partial charge in [0, 0.05) is 6.07 Å². The van der Waals surface area contributed by atoms with E-state index in [1.54, 1.807) is 6.92 Å². The number of nitrogens with one attached hydrogen (secondary N) is 2. The maximum Gasteiger partial charge on any atom is 0.326 e. The fourth-order valence-corrected chi connectivity index (χ4v) is 1.60. The normalized spacial score (nSPS) is 11.8. The maximum atomic E-state index is 13.5. The number of aliphatic carboxylic acids is 1. The maximum absolute atomic E-state index is 13.5. The second kappa shape index (κ2) is 6.83. The summed E-state index contributed by atoms with van der Waals surface area (Å²) < 4.78 is 26.8. The van der Waals surface area contributed by atoms with Gasteiger partial charge in [-0.3, -0.25) is 0 Å². The van der Waals surface area contributed by atoms with Crippen molar-refractivity contribution < 1.29 is 23.5 Å². The predicted octanol–water partition coefficient (Wildman–Crippen LogP) is 2.65. The van der Waals surface area contributed by atoms with E-state index in [2.05, 4.69) is 10.6 Å². The molecule has 2 amide bonds. The number of benzene rings is 1. The minimum atomic E-state index is -1.18. The molecule has 7 heteroatoms. The molecule has 0 spiro atoms. The van der Waals surface area contributed by atoms with Gasteiger partial charge in [-0.1, -0.05) is 13.3 Å². The first-order valence-corrected chi connectivity index (χ1v) is 6.11. The predicted molar refractivity (Wildman–Crippen MR) is 69.6 cm³/mol. The van der Waals surface area contributed by atoms with Crippen molar-refractivity contribution in [3.63, 3.8) is 0 Å². The number of rotatable bonds is 5. The first-order valence-electron chi connectivity index (χ1n) is 6.11. The van der Waals surface area contributed by atoms with Gasteiger partial charge in [-0.25, -0.2) is 18.4 Å². The Morgan fingerprint density at radius 1 is 1.30 bits per heavy atom. The number of carbonyl (C=O) groups excluding carboxylic acids is 1. The second-order valence-corrected chi connectivity index (χ2v) is 4.36. The van der Waals surface area contributed by atoms with E-state index in [-0.39, 0.29) is 17.7 Å². The number of hydrogen-bond acceptors (Lipinski definition) is 2. The lowest BCUT2D eigenvalue weighted by Gasteiger charge is -2.14. The van der Waals surface area contributed by atoms with Crippen LogP contribution in [0.15, 0.2) is 12.1 Å². The number of anilines is 1. The summed E-state index contributed by atoms with van der Waals surface area (Å²) in [6.07, 6.45) is 0.804. The summed E-state index contributed by atoms with van der Waals surface area (Å²) in [5.41, 5.74) is -0.228. The fraction of sp³-hybridized carbons (Fsp3) is 0.385. The molecule has 0 aliphatic carbocycles. The topological polar surface area (TPSA) is 78.4 Å². The highest BCUT2D eigenvalue weighted by Gasteiger charge is 2.19. The van der Waals surface area contributed by atoms with Gasteiger partial charge in [0.25, 0.3) is 0 Å². The van der Waals surface area contributed by atoms with Gasteiger partial charge < -0.3 is 15.7 Å². The molecular weight excluding hydrogens is 270 g/mol. The van der Waals surface area contributed by atoms with E-state index in [0.717, 1.165) is 12.1 Å². The quantitative estimate of drug-likeness (QED) is 0.778. The average Bonchev–Trinajstić information content (AvgIpc) is 2.35. The summed E-state index contributed by atoms with van der Waals surface area (Å²) in [5.74, 6) is -2.64. The Kier molecular flexibility index (Phi) is 5.42. The lowest BCUT2D eigenvalue weighted by molar-refractivity contribution is -0.139. The zero-order valence-electron chi connectivity index (χ0n) is 11.2.